The monoisotopic (exact) mass is 424 g/mol. The molecule has 0 fully saturated rings. The number of benzene rings is 2. The van der Waals surface area contributed by atoms with Gasteiger partial charge < -0.3 is 5.32 Å². The number of carbonyl (C=O) groups is 1. The van der Waals surface area contributed by atoms with E-state index >= 15 is 0 Å². The second kappa shape index (κ2) is 6.92. The second-order valence-electron chi connectivity index (χ2n) is 6.07. The van der Waals surface area contributed by atoms with Gasteiger partial charge in [-0.3, -0.25) is 9.20 Å². The maximum atomic E-state index is 13.3. The standard InChI is InChI=1S/C20H14BrFN4O/c1-12-6-7-13(18-11-26-10-14(22)9-23-20(26)25-18)8-17(12)24-19(27)15-4-2-3-5-16(15)21/h2-11H,1H3,(H,24,27). The lowest BCUT2D eigenvalue weighted by atomic mass is 10.1. The van der Waals surface area contributed by atoms with Gasteiger partial charge in [0.1, 0.15) is 0 Å². The summed E-state index contributed by atoms with van der Waals surface area (Å²) in [5.74, 6) is -0.232. The smallest absolute Gasteiger partial charge is 0.256 e. The van der Waals surface area contributed by atoms with Crippen molar-refractivity contribution in [1.29, 1.82) is 0 Å². The average molecular weight is 425 g/mol. The topological polar surface area (TPSA) is 59.3 Å². The number of aryl methyl sites for hydroxylation is 1. The number of nitrogens with one attached hydrogen (secondary N) is 1. The molecule has 0 bridgehead atoms. The number of halogens is 2. The number of rotatable bonds is 3. The third kappa shape index (κ3) is 3.46. The van der Waals surface area contributed by atoms with Crippen molar-refractivity contribution < 1.29 is 9.18 Å². The lowest BCUT2D eigenvalue weighted by Gasteiger charge is -2.11. The molecule has 0 atom stereocenters. The van der Waals surface area contributed by atoms with Crippen molar-refractivity contribution in [3.05, 3.63) is 82.5 Å². The molecule has 0 unspecified atom stereocenters. The summed E-state index contributed by atoms with van der Waals surface area (Å²) in [6.07, 6.45) is 4.16. The van der Waals surface area contributed by atoms with E-state index in [0.29, 0.717) is 22.7 Å². The molecule has 0 saturated carbocycles. The zero-order valence-corrected chi connectivity index (χ0v) is 15.9. The van der Waals surface area contributed by atoms with Gasteiger partial charge >= 0.3 is 0 Å². The summed E-state index contributed by atoms with van der Waals surface area (Å²) in [6, 6.07) is 12.9. The predicted octanol–water partition coefficient (Wildman–Crippen LogP) is 4.86. The highest BCUT2D eigenvalue weighted by atomic mass is 79.9. The summed E-state index contributed by atoms with van der Waals surface area (Å²) in [7, 11) is 0. The molecular formula is C20H14BrFN4O. The molecule has 4 aromatic rings. The van der Waals surface area contributed by atoms with Gasteiger partial charge in [0.15, 0.2) is 5.82 Å². The van der Waals surface area contributed by atoms with E-state index in [0.717, 1.165) is 21.8 Å². The van der Waals surface area contributed by atoms with Crippen LogP contribution in [0.3, 0.4) is 0 Å². The third-order valence-corrected chi connectivity index (χ3v) is 4.87. The number of hydrogen-bond acceptors (Lipinski definition) is 3. The first kappa shape index (κ1) is 17.4. The van der Waals surface area contributed by atoms with Crippen LogP contribution in [0.25, 0.3) is 17.0 Å². The first-order valence-corrected chi connectivity index (χ1v) is 8.98. The Hall–Kier alpha value is -3.06. The Morgan fingerprint density at radius 3 is 2.81 bits per heavy atom. The van der Waals surface area contributed by atoms with Gasteiger partial charge in [0.25, 0.3) is 5.91 Å². The van der Waals surface area contributed by atoms with Crippen molar-refractivity contribution in [1.82, 2.24) is 14.4 Å². The largest absolute Gasteiger partial charge is 0.322 e. The van der Waals surface area contributed by atoms with Gasteiger partial charge in [-0.15, -0.1) is 0 Å². The van der Waals surface area contributed by atoms with Gasteiger partial charge in [0.05, 0.1) is 17.5 Å². The quantitative estimate of drug-likeness (QED) is 0.510. The van der Waals surface area contributed by atoms with E-state index < -0.39 is 5.82 Å². The van der Waals surface area contributed by atoms with Gasteiger partial charge in [-0.25, -0.2) is 14.4 Å². The minimum Gasteiger partial charge on any atom is -0.322 e. The van der Waals surface area contributed by atoms with Crippen molar-refractivity contribution in [2.24, 2.45) is 0 Å². The van der Waals surface area contributed by atoms with E-state index in [-0.39, 0.29) is 5.91 Å². The van der Waals surface area contributed by atoms with Crippen molar-refractivity contribution in [3.8, 4) is 11.3 Å². The van der Waals surface area contributed by atoms with Crippen LogP contribution >= 0.6 is 15.9 Å². The molecule has 5 nitrogen and oxygen atoms in total. The van der Waals surface area contributed by atoms with Crippen LogP contribution in [0.1, 0.15) is 15.9 Å². The molecule has 134 valence electrons. The van der Waals surface area contributed by atoms with Crippen LogP contribution < -0.4 is 5.32 Å². The van der Waals surface area contributed by atoms with E-state index in [1.54, 1.807) is 12.3 Å². The molecule has 7 heteroatoms. The van der Waals surface area contributed by atoms with Gasteiger partial charge in [-0.05, 0) is 46.6 Å². The molecular weight excluding hydrogens is 411 g/mol. The summed E-state index contributed by atoms with van der Waals surface area (Å²) in [6.45, 7) is 1.92. The van der Waals surface area contributed by atoms with Crippen LogP contribution in [0.5, 0.6) is 0 Å². The first-order chi connectivity index (χ1) is 13.0. The fraction of sp³-hybridized carbons (Fsp3) is 0.0500. The molecule has 0 aliphatic carbocycles. The summed E-state index contributed by atoms with van der Waals surface area (Å²) in [4.78, 5) is 21.0. The molecule has 0 radical (unpaired) electrons. The number of imidazole rings is 1. The summed E-state index contributed by atoms with van der Waals surface area (Å²) in [5, 5.41) is 2.94. The fourth-order valence-electron chi connectivity index (χ4n) is 2.75. The highest BCUT2D eigenvalue weighted by Crippen LogP contribution is 2.26. The Bertz CT molecular complexity index is 1170. The zero-order chi connectivity index (χ0) is 19.0. The average Bonchev–Trinajstić information content (AvgIpc) is 3.07. The Morgan fingerprint density at radius 2 is 2.00 bits per heavy atom. The summed E-state index contributed by atoms with van der Waals surface area (Å²) in [5.41, 5.74) is 3.60. The molecule has 4 rings (SSSR count). The zero-order valence-electron chi connectivity index (χ0n) is 14.3. The summed E-state index contributed by atoms with van der Waals surface area (Å²) >= 11 is 3.39. The molecule has 27 heavy (non-hydrogen) atoms. The number of aromatic nitrogens is 3. The van der Waals surface area contributed by atoms with Crippen LogP contribution in [-0.2, 0) is 0 Å². The van der Waals surface area contributed by atoms with Crippen LogP contribution in [0.4, 0.5) is 10.1 Å². The molecule has 2 heterocycles. The molecule has 0 saturated heterocycles. The third-order valence-electron chi connectivity index (χ3n) is 4.18. The second-order valence-corrected chi connectivity index (χ2v) is 6.92. The Labute approximate surface area is 163 Å². The van der Waals surface area contributed by atoms with Crippen LogP contribution in [-0.4, -0.2) is 20.3 Å². The lowest BCUT2D eigenvalue weighted by molar-refractivity contribution is 0.102. The fourth-order valence-corrected chi connectivity index (χ4v) is 3.21. The van der Waals surface area contributed by atoms with Crippen LogP contribution in [0, 0.1) is 12.7 Å². The van der Waals surface area contributed by atoms with Gasteiger partial charge in [-0.1, -0.05) is 24.3 Å². The number of anilines is 1. The van der Waals surface area contributed by atoms with Crippen LogP contribution in [0.15, 0.2) is 65.5 Å². The highest BCUT2D eigenvalue weighted by Gasteiger charge is 2.13. The number of carbonyl (C=O) groups excluding carboxylic acids is 1. The molecule has 2 aromatic heterocycles. The normalized spacial score (nSPS) is 10.9. The van der Waals surface area contributed by atoms with Gasteiger partial charge in [0, 0.05) is 28.1 Å². The molecule has 2 aromatic carbocycles. The van der Waals surface area contributed by atoms with Crippen molar-refractivity contribution >= 4 is 33.3 Å². The van der Waals surface area contributed by atoms with E-state index in [4.69, 9.17) is 0 Å². The Balaban J connectivity index is 1.68. The summed E-state index contributed by atoms with van der Waals surface area (Å²) < 4.78 is 15.6. The van der Waals surface area contributed by atoms with Crippen LogP contribution in [0.2, 0.25) is 0 Å². The predicted molar refractivity (Wildman–Crippen MR) is 105 cm³/mol. The molecule has 0 spiro atoms. The van der Waals surface area contributed by atoms with Crippen molar-refractivity contribution in [3.63, 3.8) is 0 Å². The SMILES string of the molecule is Cc1ccc(-c2cn3cc(F)cnc3n2)cc1NC(=O)c1ccccc1Br. The number of fused-ring (bicyclic) bond motifs is 1. The van der Waals surface area contributed by atoms with E-state index in [2.05, 4.69) is 31.2 Å². The minimum absolute atomic E-state index is 0.207. The molecule has 1 N–H and O–H groups in total. The lowest BCUT2D eigenvalue weighted by Crippen LogP contribution is -2.13. The number of hydrogen-bond donors (Lipinski definition) is 1. The minimum atomic E-state index is -0.434. The first-order valence-electron chi connectivity index (χ1n) is 8.18. The van der Waals surface area contributed by atoms with Gasteiger partial charge in [-0.2, -0.15) is 0 Å². The van der Waals surface area contributed by atoms with E-state index in [1.807, 2.05) is 43.3 Å². The molecule has 0 aliphatic heterocycles. The van der Waals surface area contributed by atoms with Crippen molar-refractivity contribution in [2.45, 2.75) is 6.92 Å². The molecule has 1 amide bonds. The number of amides is 1. The Morgan fingerprint density at radius 1 is 1.19 bits per heavy atom. The maximum absolute atomic E-state index is 13.3. The highest BCUT2D eigenvalue weighted by molar-refractivity contribution is 9.10. The van der Waals surface area contributed by atoms with E-state index in [1.165, 1.54) is 10.6 Å². The van der Waals surface area contributed by atoms with Gasteiger partial charge in [0.2, 0.25) is 5.78 Å². The number of nitrogens with zero attached hydrogens (tertiary/aromatic N) is 3. The van der Waals surface area contributed by atoms with E-state index in [9.17, 15) is 9.18 Å². The maximum Gasteiger partial charge on any atom is 0.256 e. The Kier molecular flexibility index (Phi) is 4.45. The van der Waals surface area contributed by atoms with Crippen molar-refractivity contribution in [2.75, 3.05) is 5.32 Å². The molecule has 0 aliphatic rings.